The zero-order valence-electron chi connectivity index (χ0n) is 36.0. The molecule has 1 unspecified atom stereocenters. The van der Waals surface area contributed by atoms with Crippen LogP contribution in [0.25, 0.3) is 10.9 Å². The van der Waals surface area contributed by atoms with Crippen molar-refractivity contribution in [3.8, 4) is 5.75 Å². The number of nitrogens with zero attached hydrogens (tertiary/aromatic N) is 4. The van der Waals surface area contributed by atoms with Crippen LogP contribution in [-0.4, -0.2) is 128 Å². The molecule has 1 fully saturated rings. The van der Waals surface area contributed by atoms with Crippen LogP contribution in [0.1, 0.15) is 84.3 Å². The Kier molecular flexibility index (Phi) is 18.2. The fraction of sp³-hybridized carbons (Fsp3) is 0.468. The third kappa shape index (κ3) is 13.4. The zero-order valence-corrected chi connectivity index (χ0v) is 36.7. The Morgan fingerprint density at radius 2 is 1.39 bits per heavy atom. The van der Waals surface area contributed by atoms with Crippen LogP contribution in [0.15, 0.2) is 72.8 Å². The summed E-state index contributed by atoms with van der Waals surface area (Å²) in [5.74, 6) is -0.864. The molecule has 5 rings (SSSR count). The van der Waals surface area contributed by atoms with E-state index in [1.165, 1.54) is 0 Å². The second kappa shape index (κ2) is 23.7. The largest absolute Gasteiger partial charge is 0.497 e. The number of carbonyl (C=O) groups is 5. The van der Waals surface area contributed by atoms with E-state index in [0.717, 1.165) is 63.1 Å². The van der Waals surface area contributed by atoms with E-state index in [2.05, 4.69) is 15.1 Å². The molecule has 0 bridgehead atoms. The predicted octanol–water partition coefficient (Wildman–Crippen LogP) is 6.55. The van der Waals surface area contributed by atoms with Crippen LogP contribution in [0, 0.1) is 6.92 Å². The number of esters is 2. The second-order valence-corrected chi connectivity index (χ2v) is 15.8. The summed E-state index contributed by atoms with van der Waals surface area (Å²) in [5, 5.41) is 4.16. The number of ether oxygens (including phenoxy) is 3. The van der Waals surface area contributed by atoms with Gasteiger partial charge in [0, 0.05) is 86.0 Å². The van der Waals surface area contributed by atoms with Crippen molar-refractivity contribution in [1.29, 1.82) is 0 Å². The molecule has 328 valence electrons. The van der Waals surface area contributed by atoms with Crippen LogP contribution < -0.4 is 10.1 Å². The van der Waals surface area contributed by atoms with Crippen molar-refractivity contribution in [3.05, 3.63) is 100 Å². The SMILES string of the molecule is CCCN(CCC)C(=O)C(CCC(=O)OCCCN1CCN(CCCOC(=O)Cc2c(C)n(C(=O)c3ccc(Cl)cc3)c3ccc(OC)cc23)CC1)NC(=O)c1ccccc1. The molecule has 0 saturated carbocycles. The molecular weight excluding hydrogens is 798 g/mol. The van der Waals surface area contributed by atoms with Crippen molar-refractivity contribution in [2.45, 2.75) is 71.8 Å². The number of hydrogen-bond acceptors (Lipinski definition) is 10. The van der Waals surface area contributed by atoms with Crippen molar-refractivity contribution in [2.24, 2.45) is 0 Å². The maximum atomic E-state index is 13.6. The summed E-state index contributed by atoms with van der Waals surface area (Å²) in [7, 11) is 1.58. The molecule has 0 radical (unpaired) electrons. The number of piperazine rings is 1. The summed E-state index contributed by atoms with van der Waals surface area (Å²) in [6, 6.07) is 20.1. The Balaban J connectivity index is 1.00. The Labute approximate surface area is 364 Å². The smallest absolute Gasteiger partial charge is 0.310 e. The summed E-state index contributed by atoms with van der Waals surface area (Å²) in [5.41, 5.74) is 3.01. The molecule has 1 saturated heterocycles. The monoisotopic (exact) mass is 857 g/mol. The molecule has 4 aromatic rings. The first-order valence-corrected chi connectivity index (χ1v) is 21.8. The van der Waals surface area contributed by atoms with Crippen LogP contribution in [-0.2, 0) is 30.3 Å². The summed E-state index contributed by atoms with van der Waals surface area (Å²) in [6.07, 6.45) is 3.19. The van der Waals surface area contributed by atoms with Crippen molar-refractivity contribution >= 4 is 52.2 Å². The molecule has 13 nitrogen and oxygen atoms in total. The number of halogens is 1. The highest BCUT2D eigenvalue weighted by molar-refractivity contribution is 6.30. The topological polar surface area (TPSA) is 140 Å². The third-order valence-corrected chi connectivity index (χ3v) is 11.2. The molecule has 1 N–H and O–H groups in total. The number of benzene rings is 3. The van der Waals surface area contributed by atoms with Crippen LogP contribution >= 0.6 is 11.6 Å². The lowest BCUT2D eigenvalue weighted by molar-refractivity contribution is -0.145. The fourth-order valence-corrected chi connectivity index (χ4v) is 7.82. The van der Waals surface area contributed by atoms with Gasteiger partial charge in [0.25, 0.3) is 11.8 Å². The molecule has 2 heterocycles. The number of nitrogens with one attached hydrogen (secondary N) is 1. The molecule has 2 amide bonds. The van der Waals surface area contributed by atoms with Gasteiger partial charge in [0.15, 0.2) is 0 Å². The van der Waals surface area contributed by atoms with Gasteiger partial charge < -0.3 is 34.2 Å². The average molecular weight is 858 g/mol. The Morgan fingerprint density at radius 1 is 0.787 bits per heavy atom. The summed E-state index contributed by atoms with van der Waals surface area (Å²) >= 11 is 6.06. The number of carbonyl (C=O) groups excluding carboxylic acids is 5. The number of methoxy groups -OCH3 is 1. The quantitative estimate of drug-likeness (QED) is 0.0684. The molecular formula is C47H60ClN5O8. The minimum atomic E-state index is -0.824. The molecule has 1 atom stereocenters. The zero-order chi connectivity index (χ0) is 43.7. The maximum Gasteiger partial charge on any atom is 0.310 e. The molecule has 61 heavy (non-hydrogen) atoms. The van der Waals surface area contributed by atoms with Crippen molar-refractivity contribution in [1.82, 2.24) is 24.6 Å². The van der Waals surface area contributed by atoms with E-state index < -0.39 is 6.04 Å². The van der Waals surface area contributed by atoms with Crippen LogP contribution in [0.3, 0.4) is 0 Å². The molecule has 1 aromatic heterocycles. The minimum Gasteiger partial charge on any atom is -0.497 e. The highest BCUT2D eigenvalue weighted by atomic mass is 35.5. The normalized spacial score (nSPS) is 13.7. The molecule has 0 spiro atoms. The van der Waals surface area contributed by atoms with Gasteiger partial charge in [0.2, 0.25) is 5.91 Å². The van der Waals surface area contributed by atoms with Gasteiger partial charge in [0.05, 0.1) is 32.3 Å². The first-order valence-electron chi connectivity index (χ1n) is 21.4. The summed E-state index contributed by atoms with van der Waals surface area (Å²) in [6.45, 7) is 12.7. The maximum absolute atomic E-state index is 13.6. The first kappa shape index (κ1) is 46.8. The van der Waals surface area contributed by atoms with Crippen molar-refractivity contribution in [3.63, 3.8) is 0 Å². The van der Waals surface area contributed by atoms with Gasteiger partial charge in [-0.15, -0.1) is 0 Å². The van der Waals surface area contributed by atoms with Gasteiger partial charge in [-0.2, -0.15) is 0 Å². The van der Waals surface area contributed by atoms with Gasteiger partial charge in [-0.05, 0) is 99.2 Å². The van der Waals surface area contributed by atoms with Gasteiger partial charge in [-0.1, -0.05) is 43.6 Å². The van der Waals surface area contributed by atoms with E-state index in [1.54, 1.807) is 71.2 Å². The first-order chi connectivity index (χ1) is 29.5. The van der Waals surface area contributed by atoms with Crippen LogP contribution in [0.4, 0.5) is 0 Å². The molecule has 14 heteroatoms. The Morgan fingerprint density at radius 3 is 1.98 bits per heavy atom. The van der Waals surface area contributed by atoms with Gasteiger partial charge in [0.1, 0.15) is 11.8 Å². The van der Waals surface area contributed by atoms with E-state index in [-0.39, 0.29) is 55.5 Å². The number of fused-ring (bicyclic) bond motifs is 1. The van der Waals surface area contributed by atoms with Gasteiger partial charge in [-0.3, -0.25) is 28.5 Å². The molecule has 3 aromatic carbocycles. The Hall–Kier alpha value is -5.24. The highest BCUT2D eigenvalue weighted by Crippen LogP contribution is 2.31. The molecule has 1 aliphatic heterocycles. The lowest BCUT2D eigenvalue weighted by Crippen LogP contribution is -2.49. The lowest BCUT2D eigenvalue weighted by atomic mass is 10.1. The van der Waals surface area contributed by atoms with E-state index in [0.29, 0.717) is 65.6 Å². The Bertz CT molecular complexity index is 2080. The summed E-state index contributed by atoms with van der Waals surface area (Å²) in [4.78, 5) is 72.3. The van der Waals surface area contributed by atoms with E-state index in [1.807, 2.05) is 39.0 Å². The van der Waals surface area contributed by atoms with Crippen molar-refractivity contribution in [2.75, 3.05) is 72.7 Å². The average Bonchev–Trinajstić information content (AvgIpc) is 3.54. The van der Waals surface area contributed by atoms with Crippen LogP contribution in [0.5, 0.6) is 5.75 Å². The second-order valence-electron chi connectivity index (χ2n) is 15.4. The van der Waals surface area contributed by atoms with Crippen LogP contribution in [0.2, 0.25) is 5.02 Å². The van der Waals surface area contributed by atoms with E-state index in [4.69, 9.17) is 25.8 Å². The molecule has 1 aliphatic rings. The molecule has 0 aliphatic carbocycles. The standard InChI is InChI=1S/C47H60ClN5O8/c1-5-22-52(23-6-2)47(58)41(49-45(56)35-12-8-7-9-13-35)19-21-43(54)60-30-10-24-50-26-28-51(29-27-50)25-11-31-61-44(55)33-39-34(3)53(42-20-18-38(59-4)32-40(39)42)46(57)36-14-16-37(48)17-15-36/h7-9,12-18,20,32,41H,5-6,10-11,19,21-31,33H2,1-4H3,(H,49,56). The highest BCUT2D eigenvalue weighted by Gasteiger charge is 2.27. The number of rotatable bonds is 22. The number of aromatic nitrogens is 1. The van der Waals surface area contributed by atoms with E-state index >= 15 is 0 Å². The van der Waals surface area contributed by atoms with Gasteiger partial charge in [-0.25, -0.2) is 0 Å². The predicted molar refractivity (Wildman–Crippen MR) is 236 cm³/mol. The van der Waals surface area contributed by atoms with E-state index in [9.17, 15) is 24.0 Å². The summed E-state index contributed by atoms with van der Waals surface area (Å²) < 4.78 is 18.3. The number of amides is 2. The fourth-order valence-electron chi connectivity index (χ4n) is 7.69. The third-order valence-electron chi connectivity index (χ3n) is 11.0. The number of hydrogen-bond donors (Lipinski definition) is 1. The van der Waals surface area contributed by atoms with Crippen molar-refractivity contribution < 1.29 is 38.2 Å². The minimum absolute atomic E-state index is 0.0222. The van der Waals surface area contributed by atoms with Gasteiger partial charge >= 0.3 is 11.9 Å². The lowest BCUT2D eigenvalue weighted by Gasteiger charge is -2.34.